The van der Waals surface area contributed by atoms with E-state index in [1.54, 1.807) is 12.4 Å². The summed E-state index contributed by atoms with van der Waals surface area (Å²) in [4.78, 5) is 31.4. The molecule has 7 nitrogen and oxygen atoms in total. The molecule has 7 heteroatoms. The molecule has 1 aliphatic rings. The van der Waals surface area contributed by atoms with Gasteiger partial charge in [-0.15, -0.1) is 0 Å². The number of H-pyrrole nitrogens is 1. The highest BCUT2D eigenvalue weighted by Gasteiger charge is 2.25. The lowest BCUT2D eigenvalue weighted by molar-refractivity contribution is 0.0934. The van der Waals surface area contributed by atoms with E-state index in [-0.39, 0.29) is 18.5 Å². The second-order valence-corrected chi connectivity index (χ2v) is 7.13. The maximum absolute atomic E-state index is 13.0. The van der Waals surface area contributed by atoms with Crippen LogP contribution in [0.2, 0.25) is 0 Å². The fourth-order valence-corrected chi connectivity index (χ4v) is 3.83. The Balaban J connectivity index is 1.54. The lowest BCUT2D eigenvalue weighted by atomic mass is 9.90. The lowest BCUT2D eigenvalue weighted by Gasteiger charge is -2.20. The molecule has 1 aromatic carbocycles. The smallest absolute Gasteiger partial charge is 0.404 e. The molecule has 2 aromatic heterocycles. The Morgan fingerprint density at radius 1 is 1.17 bits per heavy atom. The number of aromatic amines is 1. The molecule has 3 aromatic rings. The first kappa shape index (κ1) is 18.7. The molecule has 0 aliphatic heterocycles. The summed E-state index contributed by atoms with van der Waals surface area (Å²) in [6.07, 6.45) is 6.38. The van der Waals surface area contributed by atoms with Gasteiger partial charge in [0, 0.05) is 36.4 Å². The van der Waals surface area contributed by atoms with Crippen LogP contribution >= 0.6 is 0 Å². The number of hydrogen-bond acceptors (Lipinski definition) is 3. The van der Waals surface area contributed by atoms with Gasteiger partial charge in [0.2, 0.25) is 0 Å². The third-order valence-corrected chi connectivity index (χ3v) is 5.21. The molecular formula is C22H22N4O3. The lowest BCUT2D eigenvalue weighted by Crippen LogP contribution is -2.44. The first-order valence-electron chi connectivity index (χ1n) is 9.57. The van der Waals surface area contributed by atoms with Crippen LogP contribution in [0.5, 0.6) is 0 Å². The maximum Gasteiger partial charge on any atom is 0.404 e. The van der Waals surface area contributed by atoms with Crippen LogP contribution in [0.4, 0.5) is 4.79 Å². The third kappa shape index (κ3) is 4.13. The van der Waals surface area contributed by atoms with Gasteiger partial charge in [0.15, 0.2) is 0 Å². The van der Waals surface area contributed by atoms with Gasteiger partial charge in [-0.3, -0.25) is 9.78 Å². The minimum absolute atomic E-state index is 0.136. The molecule has 29 heavy (non-hydrogen) atoms. The Bertz CT molecular complexity index is 1030. The van der Waals surface area contributed by atoms with Crippen molar-refractivity contribution < 1.29 is 14.7 Å². The largest absolute Gasteiger partial charge is 0.465 e. The molecule has 0 saturated heterocycles. The SMILES string of the molecule is O=C(O)NC[C@H](Cc1ccccc1)NC(=O)c1c[nH]c2c1CCc1cnccc1-2. The molecular weight excluding hydrogens is 368 g/mol. The average Bonchev–Trinajstić information content (AvgIpc) is 3.17. The zero-order chi connectivity index (χ0) is 20.2. The van der Waals surface area contributed by atoms with E-state index < -0.39 is 6.09 Å². The molecule has 2 amide bonds. The summed E-state index contributed by atoms with van der Waals surface area (Å²) in [7, 11) is 0. The van der Waals surface area contributed by atoms with E-state index in [1.165, 1.54) is 5.56 Å². The highest BCUT2D eigenvalue weighted by Crippen LogP contribution is 2.33. The highest BCUT2D eigenvalue weighted by molar-refractivity contribution is 5.98. The number of nitrogens with one attached hydrogen (secondary N) is 3. The Labute approximate surface area is 168 Å². The van der Waals surface area contributed by atoms with Crippen LogP contribution in [0.15, 0.2) is 55.0 Å². The van der Waals surface area contributed by atoms with E-state index in [2.05, 4.69) is 20.6 Å². The molecule has 0 spiro atoms. The third-order valence-electron chi connectivity index (χ3n) is 5.21. The van der Waals surface area contributed by atoms with Gasteiger partial charge in [-0.1, -0.05) is 30.3 Å². The number of benzene rings is 1. The number of carboxylic acid groups (broad SMARTS) is 1. The predicted octanol–water partition coefficient (Wildman–Crippen LogP) is 2.78. The molecule has 0 bridgehead atoms. The van der Waals surface area contributed by atoms with Crippen molar-refractivity contribution in [1.29, 1.82) is 0 Å². The minimum Gasteiger partial charge on any atom is -0.465 e. The number of hydrogen-bond donors (Lipinski definition) is 4. The minimum atomic E-state index is -1.11. The van der Waals surface area contributed by atoms with E-state index in [0.717, 1.165) is 35.2 Å². The first-order chi connectivity index (χ1) is 14.1. The van der Waals surface area contributed by atoms with Gasteiger partial charge < -0.3 is 20.7 Å². The molecule has 2 heterocycles. The number of pyridine rings is 1. The first-order valence-corrected chi connectivity index (χ1v) is 9.57. The fourth-order valence-electron chi connectivity index (χ4n) is 3.83. The van der Waals surface area contributed by atoms with Crippen LogP contribution in [-0.2, 0) is 19.3 Å². The van der Waals surface area contributed by atoms with Gasteiger partial charge in [0.1, 0.15) is 0 Å². The normalized spacial score (nSPS) is 13.1. The number of amides is 2. The Morgan fingerprint density at radius 3 is 2.79 bits per heavy atom. The maximum atomic E-state index is 13.0. The summed E-state index contributed by atoms with van der Waals surface area (Å²) in [6.45, 7) is 0.136. The number of rotatable bonds is 6. The van der Waals surface area contributed by atoms with Crippen molar-refractivity contribution in [3.8, 4) is 11.3 Å². The van der Waals surface area contributed by atoms with Gasteiger partial charge in [0.05, 0.1) is 11.6 Å². The summed E-state index contributed by atoms with van der Waals surface area (Å²) in [5.41, 5.74) is 5.83. The number of carbonyl (C=O) groups is 2. The van der Waals surface area contributed by atoms with E-state index in [0.29, 0.717) is 12.0 Å². The second-order valence-electron chi connectivity index (χ2n) is 7.13. The van der Waals surface area contributed by atoms with E-state index >= 15 is 0 Å². The summed E-state index contributed by atoms with van der Waals surface area (Å²) < 4.78 is 0. The zero-order valence-electron chi connectivity index (χ0n) is 15.8. The predicted molar refractivity (Wildman–Crippen MR) is 109 cm³/mol. The van der Waals surface area contributed by atoms with Crippen LogP contribution in [0.3, 0.4) is 0 Å². The Morgan fingerprint density at radius 2 is 2.00 bits per heavy atom. The number of carbonyl (C=O) groups excluding carboxylic acids is 1. The standard InChI is InChI=1S/C22H22N4O3/c27-21(26-16(12-25-22(28)29)10-14-4-2-1-3-5-14)19-13-24-20-17-8-9-23-11-15(17)6-7-18(19)20/h1-5,8-9,11,13,16,24-25H,6-7,10,12H2,(H,26,27)(H,28,29)/t16-/m0/s1. The highest BCUT2D eigenvalue weighted by atomic mass is 16.4. The van der Waals surface area contributed by atoms with Crippen molar-refractivity contribution in [3.63, 3.8) is 0 Å². The summed E-state index contributed by atoms with van der Waals surface area (Å²) >= 11 is 0. The van der Waals surface area contributed by atoms with E-state index in [9.17, 15) is 9.59 Å². The van der Waals surface area contributed by atoms with Crippen molar-refractivity contribution in [3.05, 3.63) is 77.2 Å². The topological polar surface area (TPSA) is 107 Å². The fraction of sp³-hybridized carbons (Fsp3) is 0.227. The van der Waals surface area contributed by atoms with Gasteiger partial charge in [-0.05, 0) is 42.0 Å². The molecule has 1 atom stereocenters. The molecule has 0 radical (unpaired) electrons. The van der Waals surface area contributed by atoms with E-state index in [4.69, 9.17) is 5.11 Å². The number of nitrogens with zero attached hydrogens (tertiary/aromatic N) is 1. The molecule has 0 saturated carbocycles. The molecule has 4 rings (SSSR count). The van der Waals surface area contributed by atoms with Gasteiger partial charge in [-0.25, -0.2) is 4.79 Å². The van der Waals surface area contributed by atoms with Crippen molar-refractivity contribution in [2.24, 2.45) is 0 Å². The van der Waals surface area contributed by atoms with Crippen LogP contribution in [0.1, 0.15) is 27.0 Å². The summed E-state index contributed by atoms with van der Waals surface area (Å²) in [5, 5.41) is 14.3. The van der Waals surface area contributed by atoms with Gasteiger partial charge in [0.25, 0.3) is 5.91 Å². The zero-order valence-corrected chi connectivity index (χ0v) is 15.8. The molecule has 0 fully saturated rings. The average molecular weight is 390 g/mol. The van der Waals surface area contributed by atoms with Crippen molar-refractivity contribution in [1.82, 2.24) is 20.6 Å². The van der Waals surface area contributed by atoms with Crippen LogP contribution in [0, 0.1) is 0 Å². The summed E-state index contributed by atoms with van der Waals surface area (Å²) in [5.74, 6) is -0.201. The molecule has 4 N–H and O–H groups in total. The number of aromatic nitrogens is 2. The van der Waals surface area contributed by atoms with Crippen molar-refractivity contribution in [2.45, 2.75) is 25.3 Å². The monoisotopic (exact) mass is 390 g/mol. The summed E-state index contributed by atoms with van der Waals surface area (Å²) in [6, 6.07) is 11.3. The molecule has 0 unspecified atom stereocenters. The van der Waals surface area contributed by atoms with Crippen LogP contribution in [-0.4, -0.2) is 39.7 Å². The quantitative estimate of drug-likeness (QED) is 0.519. The molecule has 148 valence electrons. The Kier molecular flexibility index (Phi) is 5.29. The van der Waals surface area contributed by atoms with Gasteiger partial charge >= 0.3 is 6.09 Å². The van der Waals surface area contributed by atoms with E-state index in [1.807, 2.05) is 42.6 Å². The van der Waals surface area contributed by atoms with Crippen LogP contribution < -0.4 is 10.6 Å². The van der Waals surface area contributed by atoms with Crippen molar-refractivity contribution >= 4 is 12.0 Å². The Hall–Kier alpha value is -3.61. The second kappa shape index (κ2) is 8.18. The van der Waals surface area contributed by atoms with Crippen molar-refractivity contribution in [2.75, 3.05) is 6.54 Å². The van der Waals surface area contributed by atoms with Crippen LogP contribution in [0.25, 0.3) is 11.3 Å². The molecule has 1 aliphatic carbocycles. The number of aryl methyl sites for hydroxylation is 1. The van der Waals surface area contributed by atoms with Gasteiger partial charge in [-0.2, -0.15) is 0 Å². The number of fused-ring (bicyclic) bond motifs is 3.